The van der Waals surface area contributed by atoms with Crippen LogP contribution in [0.5, 0.6) is 0 Å². The maximum absolute atomic E-state index is 13.3. The summed E-state index contributed by atoms with van der Waals surface area (Å²) in [6, 6.07) is 9.39. The van der Waals surface area contributed by atoms with Crippen LogP contribution in [0.25, 0.3) is 11.4 Å². The van der Waals surface area contributed by atoms with Gasteiger partial charge in [0, 0.05) is 44.1 Å². The molecule has 0 amide bonds. The Morgan fingerprint density at radius 2 is 1.86 bits per heavy atom. The van der Waals surface area contributed by atoms with Crippen LogP contribution in [0.2, 0.25) is 0 Å². The van der Waals surface area contributed by atoms with E-state index in [0.717, 1.165) is 37.7 Å². The number of aryl methyl sites for hydroxylation is 2. The average Bonchev–Trinajstić information content (AvgIpc) is 3.54. The lowest BCUT2D eigenvalue weighted by Gasteiger charge is -2.45. The third-order valence-corrected chi connectivity index (χ3v) is 9.70. The Morgan fingerprint density at radius 3 is 2.69 bits per heavy atom. The lowest BCUT2D eigenvalue weighted by molar-refractivity contribution is -0.121. The number of aromatic nitrogens is 3. The Morgan fingerprint density at radius 1 is 1.06 bits per heavy atom. The van der Waals surface area contributed by atoms with E-state index in [1.54, 1.807) is 22.8 Å². The van der Waals surface area contributed by atoms with E-state index >= 15 is 0 Å². The van der Waals surface area contributed by atoms with Gasteiger partial charge in [-0.1, -0.05) is 11.2 Å². The fourth-order valence-electron chi connectivity index (χ4n) is 5.85. The number of benzene rings is 1. The van der Waals surface area contributed by atoms with Crippen molar-refractivity contribution >= 4 is 10.0 Å². The van der Waals surface area contributed by atoms with E-state index in [1.165, 1.54) is 11.1 Å². The van der Waals surface area contributed by atoms with Crippen molar-refractivity contribution in [3.63, 3.8) is 0 Å². The van der Waals surface area contributed by atoms with E-state index < -0.39 is 10.0 Å². The number of sulfonamides is 1. The molecule has 9 heteroatoms. The summed E-state index contributed by atoms with van der Waals surface area (Å²) in [5, 5.41) is 4.12. The molecule has 8 nitrogen and oxygen atoms in total. The van der Waals surface area contributed by atoms with Gasteiger partial charge in [0.25, 0.3) is 0 Å². The number of rotatable bonds is 5. The molecular weight excluding hydrogens is 464 g/mol. The van der Waals surface area contributed by atoms with Gasteiger partial charge >= 0.3 is 0 Å². The van der Waals surface area contributed by atoms with E-state index in [-0.39, 0.29) is 5.60 Å². The zero-order chi connectivity index (χ0) is 23.9. The Labute approximate surface area is 205 Å². The number of piperidine rings is 1. The van der Waals surface area contributed by atoms with Gasteiger partial charge in [0.2, 0.25) is 21.7 Å². The monoisotopic (exact) mass is 494 g/mol. The van der Waals surface area contributed by atoms with Crippen molar-refractivity contribution in [2.45, 2.75) is 61.9 Å². The predicted molar refractivity (Wildman–Crippen MR) is 129 cm³/mol. The first-order chi connectivity index (χ1) is 17.0. The van der Waals surface area contributed by atoms with Gasteiger partial charge < -0.3 is 9.26 Å². The predicted octanol–water partition coefficient (Wildman–Crippen LogP) is 3.81. The Balaban J connectivity index is 1.10. The lowest BCUT2D eigenvalue weighted by atomic mass is 9.79. The average molecular weight is 495 g/mol. The largest absolute Gasteiger partial charge is 0.375 e. The van der Waals surface area contributed by atoms with Gasteiger partial charge in [-0.15, -0.1) is 0 Å². The minimum Gasteiger partial charge on any atom is -0.375 e. The Bertz CT molecular complexity index is 1300. The highest BCUT2D eigenvalue weighted by Gasteiger charge is 2.43. The summed E-state index contributed by atoms with van der Waals surface area (Å²) in [4.78, 5) is 9.04. The number of hydrogen-bond acceptors (Lipinski definition) is 7. The highest BCUT2D eigenvalue weighted by atomic mass is 32.2. The molecule has 35 heavy (non-hydrogen) atoms. The second-order valence-electron chi connectivity index (χ2n) is 10.0. The van der Waals surface area contributed by atoms with E-state index in [1.807, 2.05) is 24.3 Å². The maximum atomic E-state index is 13.3. The van der Waals surface area contributed by atoms with Gasteiger partial charge in [-0.05, 0) is 86.3 Å². The first kappa shape index (κ1) is 22.8. The van der Waals surface area contributed by atoms with Crippen molar-refractivity contribution < 1.29 is 17.7 Å². The SMILES string of the molecule is O=S(=O)(c1ccc2c(c1)CCC2)N1CCC2(CC1)CC(Cc1nc(-c3ccncc3)no1)CCO2. The molecule has 1 aromatic carbocycles. The summed E-state index contributed by atoms with van der Waals surface area (Å²) < 4.78 is 40.1. The summed E-state index contributed by atoms with van der Waals surface area (Å²) in [5.41, 5.74) is 3.08. The molecular formula is C26H30N4O4S. The third-order valence-electron chi connectivity index (χ3n) is 7.81. The van der Waals surface area contributed by atoms with Crippen molar-refractivity contribution in [1.29, 1.82) is 0 Å². The van der Waals surface area contributed by atoms with Crippen molar-refractivity contribution in [3.8, 4) is 11.4 Å². The van der Waals surface area contributed by atoms with Gasteiger partial charge in [0.15, 0.2) is 0 Å². The molecule has 2 fully saturated rings. The standard InChI is InChI=1S/C26H30N4O4S/c31-35(32,23-5-4-20-2-1-3-22(20)17-23)30-13-9-26(10-14-30)18-19(8-15-33-26)16-24-28-25(29-34-24)21-6-11-27-12-7-21/h4-7,11-12,17,19H,1-3,8-10,13-16,18H2. The molecule has 0 bridgehead atoms. The van der Waals surface area contributed by atoms with Gasteiger partial charge in [-0.3, -0.25) is 4.98 Å². The van der Waals surface area contributed by atoms with Crippen LogP contribution >= 0.6 is 0 Å². The van der Waals surface area contributed by atoms with Crippen molar-refractivity contribution in [1.82, 2.24) is 19.4 Å². The molecule has 1 spiro atoms. The summed E-state index contributed by atoms with van der Waals surface area (Å²) in [5.74, 6) is 1.58. The van der Waals surface area contributed by atoms with E-state index in [4.69, 9.17) is 9.26 Å². The summed E-state index contributed by atoms with van der Waals surface area (Å²) in [6.07, 6.45) is 10.5. The van der Waals surface area contributed by atoms with Gasteiger partial charge in [-0.25, -0.2) is 8.42 Å². The number of hydrogen-bond donors (Lipinski definition) is 0. The van der Waals surface area contributed by atoms with Crippen LogP contribution < -0.4 is 0 Å². The molecule has 184 valence electrons. The quantitative estimate of drug-likeness (QED) is 0.532. The number of fused-ring (bicyclic) bond motifs is 1. The van der Waals surface area contributed by atoms with Crippen LogP contribution in [0.4, 0.5) is 0 Å². The molecule has 3 aromatic rings. The molecule has 0 saturated carbocycles. The van der Waals surface area contributed by atoms with E-state index in [2.05, 4.69) is 15.1 Å². The Kier molecular flexibility index (Phi) is 5.94. The van der Waals surface area contributed by atoms with Crippen LogP contribution in [-0.4, -0.2) is 53.1 Å². The maximum Gasteiger partial charge on any atom is 0.243 e. The fourth-order valence-corrected chi connectivity index (χ4v) is 7.34. The molecule has 1 atom stereocenters. The highest BCUT2D eigenvalue weighted by molar-refractivity contribution is 7.89. The molecule has 3 aliphatic rings. The highest BCUT2D eigenvalue weighted by Crippen LogP contribution is 2.40. The summed E-state index contributed by atoms with van der Waals surface area (Å²) in [7, 11) is -3.48. The molecule has 6 rings (SSSR count). The molecule has 2 aliphatic heterocycles. The Hall–Kier alpha value is -2.62. The van der Waals surface area contributed by atoms with Crippen molar-refractivity contribution in [2.24, 2.45) is 5.92 Å². The van der Waals surface area contributed by atoms with E-state index in [0.29, 0.717) is 61.5 Å². The van der Waals surface area contributed by atoms with Gasteiger partial charge in [0.05, 0.1) is 10.5 Å². The molecule has 2 aromatic heterocycles. The van der Waals surface area contributed by atoms with Gasteiger partial charge in [-0.2, -0.15) is 9.29 Å². The topological polar surface area (TPSA) is 98.4 Å². The lowest BCUT2D eigenvalue weighted by Crippen LogP contribution is -2.50. The summed E-state index contributed by atoms with van der Waals surface area (Å²) in [6.45, 7) is 1.64. The molecule has 0 N–H and O–H groups in total. The van der Waals surface area contributed by atoms with Crippen LogP contribution in [0.15, 0.2) is 52.1 Å². The van der Waals surface area contributed by atoms with E-state index in [9.17, 15) is 8.42 Å². The number of pyridine rings is 1. The second kappa shape index (κ2) is 9.11. The zero-order valence-corrected chi connectivity index (χ0v) is 20.5. The smallest absolute Gasteiger partial charge is 0.243 e. The first-order valence-electron chi connectivity index (χ1n) is 12.5. The second-order valence-corrected chi connectivity index (χ2v) is 12.0. The third kappa shape index (κ3) is 4.52. The molecule has 1 unspecified atom stereocenters. The molecule has 1 aliphatic carbocycles. The normalized spacial score (nSPS) is 22.3. The minimum absolute atomic E-state index is 0.277. The van der Waals surface area contributed by atoms with Crippen LogP contribution in [0, 0.1) is 5.92 Å². The summed E-state index contributed by atoms with van der Waals surface area (Å²) >= 11 is 0. The number of ether oxygens (including phenoxy) is 1. The van der Waals surface area contributed by atoms with Crippen LogP contribution in [0.3, 0.4) is 0 Å². The van der Waals surface area contributed by atoms with Crippen molar-refractivity contribution in [2.75, 3.05) is 19.7 Å². The zero-order valence-electron chi connectivity index (χ0n) is 19.7. The van der Waals surface area contributed by atoms with Crippen LogP contribution in [0.1, 0.15) is 49.1 Å². The van der Waals surface area contributed by atoms with Gasteiger partial charge in [0.1, 0.15) is 0 Å². The molecule has 0 radical (unpaired) electrons. The minimum atomic E-state index is -3.48. The number of nitrogens with zero attached hydrogens (tertiary/aromatic N) is 4. The molecule has 4 heterocycles. The fraction of sp³-hybridized carbons (Fsp3) is 0.500. The van der Waals surface area contributed by atoms with Crippen LogP contribution in [-0.2, 0) is 34.0 Å². The first-order valence-corrected chi connectivity index (χ1v) is 13.9. The molecule has 2 saturated heterocycles. The van der Waals surface area contributed by atoms with Crippen molar-refractivity contribution in [3.05, 3.63) is 59.7 Å².